The molecule has 3 heterocycles. The largest absolute Gasteiger partial charge is 0.310 e. The van der Waals surface area contributed by atoms with E-state index in [-0.39, 0.29) is 18.2 Å². The van der Waals surface area contributed by atoms with Crippen molar-refractivity contribution >= 4 is 12.4 Å². The molecule has 2 saturated heterocycles. The molecule has 2 unspecified atom stereocenters. The van der Waals surface area contributed by atoms with Crippen LogP contribution < -0.4 is 5.32 Å². The number of nitrogens with zero attached hydrogens (tertiary/aromatic N) is 3. The van der Waals surface area contributed by atoms with E-state index in [2.05, 4.69) is 21.4 Å². The Hall–Kier alpha value is -1.43. The van der Waals surface area contributed by atoms with Crippen LogP contribution in [0.15, 0.2) is 36.5 Å². The van der Waals surface area contributed by atoms with Crippen molar-refractivity contribution in [2.24, 2.45) is 0 Å². The van der Waals surface area contributed by atoms with Gasteiger partial charge in [0.05, 0.1) is 11.4 Å². The van der Waals surface area contributed by atoms with Gasteiger partial charge in [-0.1, -0.05) is 0 Å². The zero-order chi connectivity index (χ0) is 14.9. The maximum Gasteiger partial charge on any atom is 0.123 e. The van der Waals surface area contributed by atoms with Crippen LogP contribution in [0.1, 0.15) is 25.0 Å². The van der Waals surface area contributed by atoms with Gasteiger partial charge in [-0.25, -0.2) is 9.07 Å². The van der Waals surface area contributed by atoms with Crippen LogP contribution in [0.4, 0.5) is 4.39 Å². The summed E-state index contributed by atoms with van der Waals surface area (Å²) < 4.78 is 15.0. The van der Waals surface area contributed by atoms with Crippen molar-refractivity contribution in [2.45, 2.75) is 37.9 Å². The van der Waals surface area contributed by atoms with Crippen molar-refractivity contribution in [3.63, 3.8) is 0 Å². The first-order chi connectivity index (χ1) is 10.8. The Balaban J connectivity index is 0.00000156. The van der Waals surface area contributed by atoms with Crippen LogP contribution in [0.25, 0.3) is 5.69 Å². The number of fused-ring (bicyclic) bond motifs is 2. The van der Waals surface area contributed by atoms with E-state index >= 15 is 0 Å². The van der Waals surface area contributed by atoms with Crippen LogP contribution >= 0.6 is 12.4 Å². The third-order valence-corrected chi connectivity index (χ3v) is 4.79. The molecule has 23 heavy (non-hydrogen) atoms. The number of hydrogen-bond acceptors (Lipinski definition) is 3. The number of nitrogens with one attached hydrogen (secondary N) is 1. The van der Waals surface area contributed by atoms with Crippen LogP contribution in [0.5, 0.6) is 0 Å². The molecule has 0 amide bonds. The second-order valence-corrected chi connectivity index (χ2v) is 6.37. The average Bonchev–Trinajstić information content (AvgIpc) is 3.09. The topological polar surface area (TPSA) is 33.1 Å². The fourth-order valence-electron chi connectivity index (χ4n) is 3.65. The van der Waals surface area contributed by atoms with Gasteiger partial charge in [-0.15, -0.1) is 12.4 Å². The van der Waals surface area contributed by atoms with E-state index in [1.165, 1.54) is 31.4 Å². The van der Waals surface area contributed by atoms with E-state index in [1.807, 2.05) is 10.9 Å². The zero-order valence-electron chi connectivity index (χ0n) is 13.0. The van der Waals surface area contributed by atoms with Gasteiger partial charge < -0.3 is 5.32 Å². The molecule has 2 bridgehead atoms. The van der Waals surface area contributed by atoms with Gasteiger partial charge in [-0.3, -0.25) is 4.90 Å². The molecule has 0 aliphatic carbocycles. The highest BCUT2D eigenvalue weighted by Crippen LogP contribution is 2.22. The molecule has 0 saturated carbocycles. The summed E-state index contributed by atoms with van der Waals surface area (Å²) in [5.74, 6) is -0.216. The van der Waals surface area contributed by atoms with E-state index in [0.29, 0.717) is 12.1 Å². The molecule has 2 atom stereocenters. The van der Waals surface area contributed by atoms with Gasteiger partial charge in [0.2, 0.25) is 0 Å². The molecule has 1 aromatic heterocycles. The molecule has 2 aliphatic rings. The lowest BCUT2D eigenvalue weighted by Gasteiger charge is -2.24. The van der Waals surface area contributed by atoms with Crippen molar-refractivity contribution in [3.8, 4) is 5.69 Å². The van der Waals surface area contributed by atoms with Gasteiger partial charge in [0.1, 0.15) is 5.82 Å². The van der Waals surface area contributed by atoms with E-state index in [4.69, 9.17) is 0 Å². The lowest BCUT2D eigenvalue weighted by Crippen LogP contribution is -2.35. The van der Waals surface area contributed by atoms with Gasteiger partial charge in [0, 0.05) is 37.9 Å². The summed E-state index contributed by atoms with van der Waals surface area (Å²) in [5, 5.41) is 8.11. The average molecular weight is 337 g/mol. The van der Waals surface area contributed by atoms with Gasteiger partial charge in [-0.2, -0.15) is 5.10 Å². The Morgan fingerprint density at radius 3 is 2.70 bits per heavy atom. The van der Waals surface area contributed by atoms with E-state index in [1.54, 1.807) is 12.1 Å². The van der Waals surface area contributed by atoms with Crippen molar-refractivity contribution in [3.05, 3.63) is 48.0 Å². The van der Waals surface area contributed by atoms with Crippen LogP contribution in [-0.2, 0) is 6.54 Å². The first-order valence-electron chi connectivity index (χ1n) is 8.05. The van der Waals surface area contributed by atoms with Gasteiger partial charge >= 0.3 is 0 Å². The van der Waals surface area contributed by atoms with E-state index < -0.39 is 0 Å². The molecule has 4 nitrogen and oxygen atoms in total. The van der Waals surface area contributed by atoms with Gasteiger partial charge in [0.15, 0.2) is 0 Å². The standard InChI is InChI=1S/C17H21FN4.ClH/c18-13-1-5-16(6-2-13)22-17(7-9-19-22)12-21-10-8-14-3-4-15(11-21)20-14;/h1-2,5-7,9,14-15,20H,3-4,8,10-12H2;1H. The minimum absolute atomic E-state index is 0. The second kappa shape index (κ2) is 6.99. The summed E-state index contributed by atoms with van der Waals surface area (Å²) in [5.41, 5.74) is 2.07. The van der Waals surface area contributed by atoms with Crippen LogP contribution in [0.3, 0.4) is 0 Å². The molecular formula is C17H22ClFN4. The first-order valence-corrected chi connectivity index (χ1v) is 8.05. The highest BCUT2D eigenvalue weighted by molar-refractivity contribution is 5.85. The fourth-order valence-corrected chi connectivity index (χ4v) is 3.65. The molecule has 124 valence electrons. The summed E-state index contributed by atoms with van der Waals surface area (Å²) in [4.78, 5) is 2.51. The predicted molar refractivity (Wildman–Crippen MR) is 90.6 cm³/mol. The smallest absolute Gasteiger partial charge is 0.123 e. The highest BCUT2D eigenvalue weighted by Gasteiger charge is 2.29. The number of benzene rings is 1. The maximum atomic E-state index is 13.1. The monoisotopic (exact) mass is 336 g/mol. The minimum Gasteiger partial charge on any atom is -0.310 e. The van der Waals surface area contributed by atoms with E-state index in [0.717, 1.165) is 31.0 Å². The summed E-state index contributed by atoms with van der Waals surface area (Å²) in [6.45, 7) is 3.12. The summed E-state index contributed by atoms with van der Waals surface area (Å²) in [6.07, 6.45) is 5.66. The van der Waals surface area contributed by atoms with Crippen LogP contribution in [0, 0.1) is 5.82 Å². The molecule has 2 fully saturated rings. The SMILES string of the molecule is Cl.Fc1ccc(-n2nccc2CN2CCC3CCC(C2)N3)cc1. The molecule has 1 N–H and O–H groups in total. The lowest BCUT2D eigenvalue weighted by atomic mass is 10.1. The predicted octanol–water partition coefficient (Wildman–Crippen LogP) is 2.76. The Morgan fingerprint density at radius 1 is 1.09 bits per heavy atom. The Kier molecular flexibility index (Phi) is 4.99. The zero-order valence-corrected chi connectivity index (χ0v) is 13.8. The summed E-state index contributed by atoms with van der Waals surface area (Å²) in [6, 6.07) is 9.91. The van der Waals surface area contributed by atoms with Crippen LogP contribution in [-0.4, -0.2) is 39.9 Å². The third kappa shape index (κ3) is 3.57. The molecule has 6 heteroatoms. The van der Waals surface area contributed by atoms with Crippen LogP contribution in [0.2, 0.25) is 0 Å². The van der Waals surface area contributed by atoms with Crippen molar-refractivity contribution in [1.29, 1.82) is 0 Å². The number of halogens is 2. The third-order valence-electron chi connectivity index (χ3n) is 4.79. The molecule has 4 rings (SSSR count). The molecule has 0 spiro atoms. The number of aromatic nitrogens is 2. The van der Waals surface area contributed by atoms with E-state index in [9.17, 15) is 4.39 Å². The Bertz CT molecular complexity index is 642. The Morgan fingerprint density at radius 2 is 1.87 bits per heavy atom. The second-order valence-electron chi connectivity index (χ2n) is 6.37. The lowest BCUT2D eigenvalue weighted by molar-refractivity contribution is 0.246. The highest BCUT2D eigenvalue weighted by atomic mass is 35.5. The fraction of sp³-hybridized carbons (Fsp3) is 0.471. The molecule has 2 aromatic rings. The van der Waals surface area contributed by atoms with Crippen molar-refractivity contribution in [1.82, 2.24) is 20.0 Å². The molecular weight excluding hydrogens is 315 g/mol. The molecule has 0 radical (unpaired) electrons. The summed E-state index contributed by atoms with van der Waals surface area (Å²) in [7, 11) is 0. The normalized spacial score (nSPS) is 24.2. The quantitative estimate of drug-likeness (QED) is 0.935. The Labute approximate surface area is 142 Å². The number of hydrogen-bond donors (Lipinski definition) is 1. The van der Waals surface area contributed by atoms with Gasteiger partial charge in [-0.05, 0) is 49.6 Å². The molecule has 2 aliphatic heterocycles. The summed E-state index contributed by atoms with van der Waals surface area (Å²) >= 11 is 0. The molecule has 1 aromatic carbocycles. The maximum absolute atomic E-state index is 13.1. The first kappa shape index (κ1) is 16.4. The van der Waals surface area contributed by atoms with Crippen molar-refractivity contribution < 1.29 is 4.39 Å². The number of likely N-dealkylation sites (tertiary alicyclic amines) is 1. The minimum atomic E-state index is -0.216. The van der Waals surface area contributed by atoms with Crippen molar-refractivity contribution in [2.75, 3.05) is 13.1 Å². The van der Waals surface area contributed by atoms with Gasteiger partial charge in [0.25, 0.3) is 0 Å². The number of rotatable bonds is 3.